The van der Waals surface area contributed by atoms with Crippen molar-refractivity contribution in [2.24, 2.45) is 5.41 Å². The van der Waals surface area contributed by atoms with Crippen molar-refractivity contribution in [3.05, 3.63) is 17.7 Å². The van der Waals surface area contributed by atoms with Crippen LogP contribution in [0.2, 0.25) is 0 Å². The molecule has 1 aliphatic rings. The Morgan fingerprint density at radius 1 is 1.15 bits per heavy atom. The quantitative estimate of drug-likeness (QED) is 0.895. The molecule has 5 heteroatoms. The van der Waals surface area contributed by atoms with Crippen LogP contribution >= 0.6 is 0 Å². The van der Waals surface area contributed by atoms with Gasteiger partial charge in [-0.1, -0.05) is 6.42 Å². The first kappa shape index (κ1) is 14.5. The zero-order valence-electron chi connectivity index (χ0n) is 12.0. The summed E-state index contributed by atoms with van der Waals surface area (Å²) in [7, 11) is 4.56. The molecule has 1 fully saturated rings. The van der Waals surface area contributed by atoms with Crippen LogP contribution in [0.15, 0.2) is 12.1 Å². The maximum atomic E-state index is 10.6. The molecule has 0 aliphatic heterocycles. The second-order valence-electron chi connectivity index (χ2n) is 4.95. The van der Waals surface area contributed by atoms with E-state index in [0.29, 0.717) is 35.7 Å². The molecule has 0 amide bonds. The molecule has 0 saturated heterocycles. The van der Waals surface area contributed by atoms with E-state index >= 15 is 0 Å². The van der Waals surface area contributed by atoms with Gasteiger partial charge in [-0.3, -0.25) is 0 Å². The third-order valence-electron chi connectivity index (χ3n) is 4.02. The molecule has 0 aromatic heterocycles. The Balaban J connectivity index is 2.49. The second kappa shape index (κ2) is 5.59. The molecule has 1 atom stereocenters. The number of nitriles is 1. The molecule has 1 aliphatic carbocycles. The highest BCUT2D eigenvalue weighted by Crippen LogP contribution is 2.53. The molecule has 1 saturated carbocycles. The number of hydrogen-bond donors (Lipinski definition) is 1. The van der Waals surface area contributed by atoms with Gasteiger partial charge >= 0.3 is 0 Å². The predicted molar refractivity (Wildman–Crippen MR) is 73.0 cm³/mol. The lowest BCUT2D eigenvalue weighted by molar-refractivity contribution is 0.00623. The molecule has 1 N–H and O–H groups in total. The van der Waals surface area contributed by atoms with Crippen molar-refractivity contribution in [1.29, 1.82) is 5.26 Å². The Morgan fingerprint density at radius 3 is 2.20 bits per heavy atom. The van der Waals surface area contributed by atoms with E-state index in [4.69, 9.17) is 14.2 Å². The van der Waals surface area contributed by atoms with E-state index in [0.717, 1.165) is 6.42 Å². The van der Waals surface area contributed by atoms with Crippen LogP contribution in [0.5, 0.6) is 17.2 Å². The van der Waals surface area contributed by atoms with Gasteiger partial charge in [-0.2, -0.15) is 5.26 Å². The topological polar surface area (TPSA) is 71.7 Å². The number of rotatable bonds is 5. The summed E-state index contributed by atoms with van der Waals surface area (Å²) >= 11 is 0. The summed E-state index contributed by atoms with van der Waals surface area (Å²) in [4.78, 5) is 0. The normalized spacial score (nSPS) is 17.6. The van der Waals surface area contributed by atoms with Crippen LogP contribution in [0.4, 0.5) is 0 Å². The number of aliphatic hydroxyl groups is 1. The lowest BCUT2D eigenvalue weighted by atomic mass is 9.64. The van der Waals surface area contributed by atoms with E-state index < -0.39 is 11.5 Å². The summed E-state index contributed by atoms with van der Waals surface area (Å²) in [5, 5.41) is 19.9. The number of aliphatic hydroxyl groups excluding tert-OH is 1. The highest BCUT2D eigenvalue weighted by Gasteiger charge is 2.46. The Morgan fingerprint density at radius 2 is 1.80 bits per heavy atom. The Labute approximate surface area is 118 Å². The smallest absolute Gasteiger partial charge is 0.203 e. The molecule has 2 rings (SSSR count). The van der Waals surface area contributed by atoms with Gasteiger partial charge in [0, 0.05) is 5.56 Å². The van der Waals surface area contributed by atoms with Gasteiger partial charge in [0.1, 0.15) is 6.10 Å². The molecular weight excluding hydrogens is 258 g/mol. The number of benzene rings is 1. The van der Waals surface area contributed by atoms with Gasteiger partial charge in [-0.05, 0) is 25.0 Å². The molecule has 5 nitrogen and oxygen atoms in total. The number of hydrogen-bond acceptors (Lipinski definition) is 5. The number of ether oxygens (including phenoxy) is 3. The average Bonchev–Trinajstić information content (AvgIpc) is 2.44. The fraction of sp³-hybridized carbons (Fsp3) is 0.533. The minimum atomic E-state index is -0.893. The summed E-state index contributed by atoms with van der Waals surface area (Å²) < 4.78 is 15.9. The molecule has 0 radical (unpaired) electrons. The van der Waals surface area contributed by atoms with E-state index in [-0.39, 0.29) is 0 Å². The molecule has 20 heavy (non-hydrogen) atoms. The summed E-state index contributed by atoms with van der Waals surface area (Å²) in [5.41, 5.74) is -0.154. The summed E-state index contributed by atoms with van der Waals surface area (Å²) in [6, 6.07) is 5.69. The van der Waals surface area contributed by atoms with Crippen LogP contribution in [0.3, 0.4) is 0 Å². The maximum Gasteiger partial charge on any atom is 0.203 e. The van der Waals surface area contributed by atoms with Crippen LogP contribution in [-0.4, -0.2) is 26.4 Å². The molecular formula is C15H19NO4. The van der Waals surface area contributed by atoms with Crippen LogP contribution in [0.1, 0.15) is 30.9 Å². The van der Waals surface area contributed by atoms with E-state index in [1.54, 1.807) is 12.1 Å². The zero-order chi connectivity index (χ0) is 14.8. The fourth-order valence-corrected chi connectivity index (χ4v) is 2.64. The van der Waals surface area contributed by atoms with Crippen molar-refractivity contribution in [1.82, 2.24) is 0 Å². The van der Waals surface area contributed by atoms with E-state index in [1.165, 1.54) is 21.3 Å². The van der Waals surface area contributed by atoms with Crippen molar-refractivity contribution in [2.45, 2.75) is 25.4 Å². The first-order chi connectivity index (χ1) is 9.63. The maximum absolute atomic E-state index is 10.6. The van der Waals surface area contributed by atoms with E-state index in [2.05, 4.69) is 6.07 Å². The second-order valence-corrected chi connectivity index (χ2v) is 4.95. The minimum Gasteiger partial charge on any atom is -0.493 e. The molecule has 0 bridgehead atoms. The summed E-state index contributed by atoms with van der Waals surface area (Å²) in [5.74, 6) is 1.37. The molecule has 108 valence electrons. The molecule has 1 aromatic carbocycles. The van der Waals surface area contributed by atoms with Gasteiger partial charge in [0.15, 0.2) is 11.5 Å². The third kappa shape index (κ3) is 2.06. The summed E-state index contributed by atoms with van der Waals surface area (Å²) in [6.07, 6.45) is 1.46. The fourth-order valence-electron chi connectivity index (χ4n) is 2.64. The Hall–Kier alpha value is -1.93. The SMILES string of the molecule is COc1ccc(C(O)C2(C#N)CCC2)c(OC)c1OC. The van der Waals surface area contributed by atoms with Gasteiger partial charge in [-0.25, -0.2) is 0 Å². The largest absolute Gasteiger partial charge is 0.493 e. The van der Waals surface area contributed by atoms with Gasteiger partial charge in [0.2, 0.25) is 5.75 Å². The van der Waals surface area contributed by atoms with Gasteiger partial charge < -0.3 is 19.3 Å². The first-order valence-corrected chi connectivity index (χ1v) is 6.51. The predicted octanol–water partition coefficient (Wildman–Crippen LogP) is 2.44. The van der Waals surface area contributed by atoms with Crippen LogP contribution in [0, 0.1) is 16.7 Å². The van der Waals surface area contributed by atoms with E-state index in [1.807, 2.05) is 0 Å². The molecule has 0 spiro atoms. The third-order valence-corrected chi connectivity index (χ3v) is 4.02. The number of methoxy groups -OCH3 is 3. The van der Waals surface area contributed by atoms with Gasteiger partial charge in [0.05, 0.1) is 32.8 Å². The minimum absolute atomic E-state index is 0.417. The molecule has 0 heterocycles. The van der Waals surface area contributed by atoms with Crippen molar-refractivity contribution in [3.63, 3.8) is 0 Å². The van der Waals surface area contributed by atoms with Crippen molar-refractivity contribution < 1.29 is 19.3 Å². The van der Waals surface area contributed by atoms with Gasteiger partial charge in [0.25, 0.3) is 0 Å². The van der Waals surface area contributed by atoms with Crippen molar-refractivity contribution in [3.8, 4) is 23.3 Å². The highest BCUT2D eigenvalue weighted by atomic mass is 16.5. The Bertz CT molecular complexity index is 531. The lowest BCUT2D eigenvalue weighted by Gasteiger charge is -2.39. The average molecular weight is 277 g/mol. The van der Waals surface area contributed by atoms with Crippen LogP contribution < -0.4 is 14.2 Å². The van der Waals surface area contributed by atoms with Gasteiger partial charge in [-0.15, -0.1) is 0 Å². The first-order valence-electron chi connectivity index (χ1n) is 6.51. The highest BCUT2D eigenvalue weighted by molar-refractivity contribution is 5.57. The van der Waals surface area contributed by atoms with Crippen molar-refractivity contribution >= 4 is 0 Å². The zero-order valence-corrected chi connectivity index (χ0v) is 12.0. The Kier molecular flexibility index (Phi) is 4.05. The molecule has 1 aromatic rings. The monoisotopic (exact) mass is 277 g/mol. The molecule has 1 unspecified atom stereocenters. The number of nitrogens with zero attached hydrogens (tertiary/aromatic N) is 1. The standard InChI is InChI=1S/C15H19NO4/c1-18-11-6-5-10(12(19-2)13(11)20-3)14(17)15(9-16)7-4-8-15/h5-6,14,17H,4,7-8H2,1-3H3. The van der Waals surface area contributed by atoms with Crippen molar-refractivity contribution in [2.75, 3.05) is 21.3 Å². The summed E-state index contributed by atoms with van der Waals surface area (Å²) in [6.45, 7) is 0. The van der Waals surface area contributed by atoms with Crippen LogP contribution in [0.25, 0.3) is 0 Å². The van der Waals surface area contributed by atoms with Crippen LogP contribution in [-0.2, 0) is 0 Å². The lowest BCUT2D eigenvalue weighted by Crippen LogP contribution is -2.34. The van der Waals surface area contributed by atoms with E-state index in [9.17, 15) is 10.4 Å².